The lowest BCUT2D eigenvalue weighted by Crippen LogP contribution is -2.16. The zero-order valence-corrected chi connectivity index (χ0v) is 12.8. The Morgan fingerprint density at radius 2 is 2.14 bits per heavy atom. The molecule has 0 saturated heterocycles. The fourth-order valence-corrected chi connectivity index (χ4v) is 2.02. The molecule has 118 valence electrons. The van der Waals surface area contributed by atoms with E-state index in [9.17, 15) is 0 Å². The topological polar surface area (TPSA) is 63.6 Å². The van der Waals surface area contributed by atoms with Crippen LogP contribution in [0.2, 0.25) is 0 Å². The molecule has 0 amide bonds. The van der Waals surface area contributed by atoms with Gasteiger partial charge in [-0.2, -0.15) is 0 Å². The lowest BCUT2D eigenvalue weighted by atomic mass is 10.2. The summed E-state index contributed by atoms with van der Waals surface area (Å²) in [6.45, 7) is 2.03. The van der Waals surface area contributed by atoms with Crippen molar-refractivity contribution in [3.63, 3.8) is 0 Å². The maximum Gasteiger partial charge on any atom is 0.130 e. The Labute approximate surface area is 130 Å². The number of aliphatic hydroxyl groups is 1. The summed E-state index contributed by atoms with van der Waals surface area (Å²) in [5, 5.41) is 12.1. The minimum atomic E-state index is 0.189. The third-order valence-electron chi connectivity index (χ3n) is 3.20. The van der Waals surface area contributed by atoms with Crippen LogP contribution in [0.4, 0.5) is 0 Å². The predicted molar refractivity (Wildman–Crippen MR) is 85.0 cm³/mol. The first-order valence-electron chi connectivity index (χ1n) is 7.34. The fraction of sp³-hybridized carbons (Fsp3) is 0.353. The van der Waals surface area contributed by atoms with E-state index in [2.05, 4.69) is 10.3 Å². The molecule has 0 unspecified atom stereocenters. The van der Waals surface area contributed by atoms with Crippen molar-refractivity contribution in [3.8, 4) is 11.5 Å². The molecule has 0 fully saturated rings. The van der Waals surface area contributed by atoms with Crippen LogP contribution in [-0.2, 0) is 13.2 Å². The zero-order chi connectivity index (χ0) is 15.6. The van der Waals surface area contributed by atoms with Gasteiger partial charge in [0.05, 0.1) is 12.8 Å². The lowest BCUT2D eigenvalue weighted by Gasteiger charge is -2.13. The second-order valence-corrected chi connectivity index (χ2v) is 4.84. The summed E-state index contributed by atoms with van der Waals surface area (Å²) in [4.78, 5) is 4.25. The second kappa shape index (κ2) is 9.02. The lowest BCUT2D eigenvalue weighted by molar-refractivity contribution is 0.284. The van der Waals surface area contributed by atoms with Crippen LogP contribution in [0.1, 0.15) is 17.7 Å². The molecule has 5 heteroatoms. The van der Waals surface area contributed by atoms with Gasteiger partial charge in [0.1, 0.15) is 18.1 Å². The Morgan fingerprint density at radius 3 is 2.86 bits per heavy atom. The number of aliphatic hydroxyl groups excluding tert-OH is 1. The van der Waals surface area contributed by atoms with Crippen LogP contribution in [0, 0.1) is 0 Å². The number of methoxy groups -OCH3 is 1. The normalized spacial score (nSPS) is 10.5. The molecule has 0 aliphatic carbocycles. The number of ether oxygens (including phenoxy) is 2. The van der Waals surface area contributed by atoms with Crippen molar-refractivity contribution in [2.75, 3.05) is 20.3 Å². The summed E-state index contributed by atoms with van der Waals surface area (Å²) in [6.07, 6.45) is 2.48. The summed E-state index contributed by atoms with van der Waals surface area (Å²) < 4.78 is 11.1. The van der Waals surface area contributed by atoms with E-state index in [0.29, 0.717) is 13.2 Å². The minimum Gasteiger partial charge on any atom is -0.497 e. The van der Waals surface area contributed by atoms with E-state index in [4.69, 9.17) is 14.6 Å². The highest BCUT2D eigenvalue weighted by Crippen LogP contribution is 2.24. The highest BCUT2D eigenvalue weighted by molar-refractivity contribution is 5.40. The number of nitrogens with zero attached hydrogens (tertiary/aromatic N) is 1. The second-order valence-electron chi connectivity index (χ2n) is 4.84. The predicted octanol–water partition coefficient (Wildman–Crippen LogP) is 2.14. The van der Waals surface area contributed by atoms with Gasteiger partial charge in [0.2, 0.25) is 0 Å². The monoisotopic (exact) mass is 302 g/mol. The molecule has 0 atom stereocenters. The van der Waals surface area contributed by atoms with Crippen molar-refractivity contribution in [1.82, 2.24) is 10.3 Å². The molecule has 5 nitrogen and oxygen atoms in total. The van der Waals surface area contributed by atoms with Gasteiger partial charge in [-0.25, -0.2) is 0 Å². The van der Waals surface area contributed by atoms with Gasteiger partial charge in [-0.1, -0.05) is 6.07 Å². The van der Waals surface area contributed by atoms with Crippen LogP contribution in [0.5, 0.6) is 11.5 Å². The van der Waals surface area contributed by atoms with E-state index in [0.717, 1.165) is 35.7 Å². The zero-order valence-electron chi connectivity index (χ0n) is 12.8. The van der Waals surface area contributed by atoms with Gasteiger partial charge in [-0.3, -0.25) is 4.98 Å². The van der Waals surface area contributed by atoms with Crippen molar-refractivity contribution in [1.29, 1.82) is 0 Å². The summed E-state index contributed by atoms with van der Waals surface area (Å²) in [6, 6.07) is 11.5. The smallest absolute Gasteiger partial charge is 0.130 e. The number of hydrogen-bond acceptors (Lipinski definition) is 5. The van der Waals surface area contributed by atoms with Crippen LogP contribution in [-0.4, -0.2) is 30.4 Å². The number of rotatable bonds is 9. The van der Waals surface area contributed by atoms with Crippen molar-refractivity contribution < 1.29 is 14.6 Å². The number of benzene rings is 1. The van der Waals surface area contributed by atoms with E-state index in [1.165, 1.54) is 0 Å². The third kappa shape index (κ3) is 5.02. The summed E-state index contributed by atoms with van der Waals surface area (Å²) in [5.41, 5.74) is 1.91. The fourth-order valence-electron chi connectivity index (χ4n) is 2.02. The molecule has 0 spiro atoms. The van der Waals surface area contributed by atoms with Gasteiger partial charge in [-0.05, 0) is 43.3 Å². The first-order chi connectivity index (χ1) is 10.8. The molecular weight excluding hydrogens is 280 g/mol. The molecule has 0 aliphatic heterocycles. The van der Waals surface area contributed by atoms with Crippen LogP contribution in [0.15, 0.2) is 42.6 Å². The molecule has 1 aromatic heterocycles. The highest BCUT2D eigenvalue weighted by Gasteiger charge is 2.06. The molecule has 2 N–H and O–H groups in total. The van der Waals surface area contributed by atoms with Crippen LogP contribution in [0.3, 0.4) is 0 Å². The highest BCUT2D eigenvalue weighted by atomic mass is 16.5. The first-order valence-corrected chi connectivity index (χ1v) is 7.34. The molecule has 0 saturated carbocycles. The van der Waals surface area contributed by atoms with Crippen LogP contribution < -0.4 is 14.8 Å². The summed E-state index contributed by atoms with van der Waals surface area (Å²) >= 11 is 0. The number of aromatic nitrogens is 1. The SMILES string of the molecule is COc1ccc(OCc2ccccn2)c(CNCCCO)c1. The Hall–Kier alpha value is -2.11. The average molecular weight is 302 g/mol. The number of pyridine rings is 1. The molecule has 1 heterocycles. The van der Waals surface area contributed by atoms with Crippen molar-refractivity contribution in [2.24, 2.45) is 0 Å². The van der Waals surface area contributed by atoms with Gasteiger partial charge in [-0.15, -0.1) is 0 Å². The van der Waals surface area contributed by atoms with E-state index in [1.54, 1.807) is 13.3 Å². The molecule has 22 heavy (non-hydrogen) atoms. The van der Waals surface area contributed by atoms with Gasteiger partial charge < -0.3 is 19.9 Å². The van der Waals surface area contributed by atoms with Crippen molar-refractivity contribution >= 4 is 0 Å². The summed E-state index contributed by atoms with van der Waals surface area (Å²) in [7, 11) is 1.65. The van der Waals surface area contributed by atoms with E-state index < -0.39 is 0 Å². The third-order valence-corrected chi connectivity index (χ3v) is 3.20. The van der Waals surface area contributed by atoms with E-state index in [1.807, 2.05) is 36.4 Å². The quantitative estimate of drug-likeness (QED) is 0.695. The van der Waals surface area contributed by atoms with Crippen LogP contribution >= 0.6 is 0 Å². The Bertz CT molecular complexity index is 561. The molecule has 0 aliphatic rings. The molecular formula is C17H22N2O3. The minimum absolute atomic E-state index is 0.189. The van der Waals surface area contributed by atoms with Gasteiger partial charge in [0, 0.05) is 24.9 Å². The maximum absolute atomic E-state index is 8.82. The van der Waals surface area contributed by atoms with Crippen molar-refractivity contribution in [2.45, 2.75) is 19.6 Å². The molecule has 0 radical (unpaired) electrons. The Balaban J connectivity index is 2.01. The molecule has 2 aromatic rings. The van der Waals surface area contributed by atoms with Crippen LogP contribution in [0.25, 0.3) is 0 Å². The number of nitrogens with one attached hydrogen (secondary N) is 1. The maximum atomic E-state index is 8.82. The number of hydrogen-bond donors (Lipinski definition) is 2. The Kier molecular flexibility index (Phi) is 6.67. The van der Waals surface area contributed by atoms with E-state index in [-0.39, 0.29) is 6.61 Å². The van der Waals surface area contributed by atoms with E-state index >= 15 is 0 Å². The van der Waals surface area contributed by atoms with Gasteiger partial charge in [0.25, 0.3) is 0 Å². The van der Waals surface area contributed by atoms with Gasteiger partial charge >= 0.3 is 0 Å². The van der Waals surface area contributed by atoms with Gasteiger partial charge in [0.15, 0.2) is 0 Å². The first kappa shape index (κ1) is 16.3. The molecule has 1 aromatic carbocycles. The molecule has 0 bridgehead atoms. The van der Waals surface area contributed by atoms with Crippen molar-refractivity contribution in [3.05, 3.63) is 53.9 Å². The summed E-state index contributed by atoms with van der Waals surface area (Å²) in [5.74, 6) is 1.60. The Morgan fingerprint density at radius 1 is 1.23 bits per heavy atom. The largest absolute Gasteiger partial charge is 0.497 e. The average Bonchev–Trinajstić information content (AvgIpc) is 2.58. The standard InChI is InChI=1S/C17H22N2O3/c1-21-16-6-7-17(14(11-16)12-18-8-4-10-20)22-13-15-5-2-3-9-19-15/h2-3,5-7,9,11,18,20H,4,8,10,12-13H2,1H3. The molecule has 2 rings (SSSR count).